The molecule has 0 aliphatic heterocycles. The Balaban J connectivity index is 2.11. The molecule has 1 amide bonds. The summed E-state index contributed by atoms with van der Waals surface area (Å²) < 4.78 is 31.6. The Morgan fingerprint density at radius 3 is 2.48 bits per heavy atom. The van der Waals surface area contributed by atoms with E-state index in [9.17, 15) is 18.4 Å². The molecule has 0 radical (unpaired) electrons. The highest BCUT2D eigenvalue weighted by Crippen LogP contribution is 2.21. The first-order valence-electron chi connectivity index (χ1n) is 7.51. The molecule has 7 nitrogen and oxygen atoms in total. The highest BCUT2D eigenvalue weighted by Gasteiger charge is 2.22. The highest BCUT2D eigenvalue weighted by molar-refractivity contribution is 5.88. The monoisotopic (exact) mass is 355 g/mol. The number of hydrogen-bond donors (Lipinski definition) is 1. The van der Waals surface area contributed by atoms with Crippen molar-refractivity contribution in [2.24, 2.45) is 0 Å². The zero-order valence-corrected chi connectivity index (χ0v) is 14.3. The number of likely N-dealkylation sites (N-methyl/N-ethyl adjacent to an activating group) is 1. The molecule has 0 unspecified atom stereocenters. The first-order valence-corrected chi connectivity index (χ1v) is 7.51. The minimum Gasteiger partial charge on any atom is -0.478 e. The molecule has 2 aromatic rings. The molecule has 2 rings (SSSR count). The van der Waals surface area contributed by atoms with Crippen LogP contribution in [-0.2, 0) is 17.8 Å². The number of aromatic carboxylic acids is 1. The van der Waals surface area contributed by atoms with Gasteiger partial charge in [-0.1, -0.05) is 0 Å². The first kappa shape index (κ1) is 18.6. The van der Waals surface area contributed by atoms with Crippen molar-refractivity contribution < 1.29 is 27.9 Å². The molecule has 0 aliphatic rings. The van der Waals surface area contributed by atoms with Crippen molar-refractivity contribution in [1.82, 2.24) is 14.7 Å². The maximum Gasteiger partial charge on any atom is 0.339 e. The third-order valence-corrected chi connectivity index (χ3v) is 4.01. The Bertz CT molecular complexity index is 811. The number of carboxylic acid groups (broad SMARTS) is 1. The quantitative estimate of drug-likeness (QED) is 0.861. The molecule has 2 aromatic heterocycles. The van der Waals surface area contributed by atoms with Gasteiger partial charge in [-0.15, -0.1) is 0 Å². The van der Waals surface area contributed by atoms with Gasteiger partial charge in [0.2, 0.25) is 5.91 Å². The summed E-state index contributed by atoms with van der Waals surface area (Å²) in [5.41, 5.74) is 1.12. The van der Waals surface area contributed by atoms with Crippen LogP contribution in [0.5, 0.6) is 0 Å². The Morgan fingerprint density at radius 1 is 1.36 bits per heavy atom. The SMILES string of the molecule is Cc1nn(C(F)F)c(C)c1CC(=O)N(C)Cc1cc(C(=O)O)c(C)o1. The second kappa shape index (κ2) is 7.04. The summed E-state index contributed by atoms with van der Waals surface area (Å²) in [6.45, 7) is 1.91. The molecule has 0 atom stereocenters. The van der Waals surface area contributed by atoms with E-state index in [2.05, 4.69) is 5.10 Å². The van der Waals surface area contributed by atoms with E-state index >= 15 is 0 Å². The molecule has 136 valence electrons. The molecule has 2 heterocycles. The number of hydrogen-bond acceptors (Lipinski definition) is 4. The van der Waals surface area contributed by atoms with Gasteiger partial charge in [-0.05, 0) is 26.8 Å². The van der Waals surface area contributed by atoms with Crippen molar-refractivity contribution in [3.8, 4) is 0 Å². The average molecular weight is 355 g/mol. The van der Waals surface area contributed by atoms with E-state index in [1.807, 2.05) is 0 Å². The lowest BCUT2D eigenvalue weighted by Crippen LogP contribution is -2.28. The lowest BCUT2D eigenvalue weighted by atomic mass is 10.1. The molecule has 0 fully saturated rings. The number of rotatable bonds is 6. The van der Waals surface area contributed by atoms with Crippen LogP contribution in [-0.4, -0.2) is 38.7 Å². The van der Waals surface area contributed by atoms with Gasteiger partial charge in [-0.2, -0.15) is 13.9 Å². The van der Waals surface area contributed by atoms with Gasteiger partial charge in [-0.25, -0.2) is 9.48 Å². The van der Waals surface area contributed by atoms with Crippen LogP contribution in [0.1, 0.15) is 45.4 Å². The molecule has 0 bridgehead atoms. The van der Waals surface area contributed by atoms with E-state index in [4.69, 9.17) is 9.52 Å². The number of carboxylic acids is 1. The van der Waals surface area contributed by atoms with Crippen molar-refractivity contribution in [1.29, 1.82) is 0 Å². The fraction of sp³-hybridized carbons (Fsp3) is 0.438. The number of alkyl halides is 2. The number of halogens is 2. The Morgan fingerprint density at radius 2 is 2.00 bits per heavy atom. The Kier molecular flexibility index (Phi) is 5.24. The standard InChI is InChI=1S/C16H19F2N3O4/c1-8-12(9(2)21(19-8)16(17)18)6-14(22)20(4)7-11-5-13(15(23)24)10(3)25-11/h5,16H,6-7H2,1-4H3,(H,23,24). The first-order chi connectivity index (χ1) is 11.6. The van der Waals surface area contributed by atoms with E-state index in [1.54, 1.807) is 6.92 Å². The lowest BCUT2D eigenvalue weighted by Gasteiger charge is -2.16. The number of aryl methyl sites for hydroxylation is 2. The maximum absolute atomic E-state index is 12.9. The summed E-state index contributed by atoms with van der Waals surface area (Å²) in [5.74, 6) is -0.825. The molecule has 25 heavy (non-hydrogen) atoms. The molecule has 0 saturated heterocycles. The van der Waals surface area contributed by atoms with E-state index in [1.165, 1.54) is 31.9 Å². The molecule has 0 aromatic carbocycles. The minimum absolute atomic E-state index is 0.0424. The Labute approximate surface area is 142 Å². The third-order valence-electron chi connectivity index (χ3n) is 4.01. The number of carbonyl (C=O) groups excluding carboxylic acids is 1. The van der Waals surface area contributed by atoms with Gasteiger partial charge in [0.15, 0.2) is 0 Å². The fourth-order valence-electron chi connectivity index (χ4n) is 2.58. The fourth-order valence-corrected chi connectivity index (χ4v) is 2.58. The van der Waals surface area contributed by atoms with Crippen LogP contribution in [0.2, 0.25) is 0 Å². The summed E-state index contributed by atoms with van der Waals surface area (Å²) >= 11 is 0. The summed E-state index contributed by atoms with van der Waals surface area (Å²) in [7, 11) is 1.53. The van der Waals surface area contributed by atoms with Crippen LogP contribution < -0.4 is 0 Å². The van der Waals surface area contributed by atoms with Gasteiger partial charge >= 0.3 is 12.5 Å². The topological polar surface area (TPSA) is 88.6 Å². The van der Waals surface area contributed by atoms with Crippen molar-refractivity contribution >= 4 is 11.9 Å². The van der Waals surface area contributed by atoms with E-state index in [-0.39, 0.29) is 35.9 Å². The molecular weight excluding hydrogens is 336 g/mol. The van der Waals surface area contributed by atoms with Gasteiger partial charge in [0, 0.05) is 18.3 Å². The van der Waals surface area contributed by atoms with Crippen LogP contribution in [0, 0.1) is 20.8 Å². The normalized spacial score (nSPS) is 11.2. The molecule has 0 saturated carbocycles. The van der Waals surface area contributed by atoms with E-state index in [0.717, 1.165) is 0 Å². The third kappa shape index (κ3) is 3.86. The van der Waals surface area contributed by atoms with Gasteiger partial charge in [0.05, 0.1) is 18.7 Å². The zero-order chi connectivity index (χ0) is 18.9. The number of amides is 1. The Hall–Kier alpha value is -2.71. The number of carbonyl (C=O) groups is 2. The van der Waals surface area contributed by atoms with Crippen LogP contribution in [0.4, 0.5) is 8.78 Å². The van der Waals surface area contributed by atoms with Gasteiger partial charge in [0.1, 0.15) is 17.1 Å². The number of nitrogens with zero attached hydrogens (tertiary/aromatic N) is 3. The van der Waals surface area contributed by atoms with Crippen LogP contribution >= 0.6 is 0 Å². The smallest absolute Gasteiger partial charge is 0.339 e. The van der Waals surface area contributed by atoms with Crippen molar-refractivity contribution in [3.05, 3.63) is 40.1 Å². The summed E-state index contributed by atoms with van der Waals surface area (Å²) in [6, 6.07) is 1.37. The summed E-state index contributed by atoms with van der Waals surface area (Å²) in [4.78, 5) is 24.7. The molecule has 1 N–H and O–H groups in total. The second-order valence-electron chi connectivity index (χ2n) is 5.79. The highest BCUT2D eigenvalue weighted by atomic mass is 19.3. The summed E-state index contributed by atoms with van der Waals surface area (Å²) in [5, 5.41) is 12.8. The molecule has 0 aliphatic carbocycles. The van der Waals surface area contributed by atoms with Crippen LogP contribution in [0.3, 0.4) is 0 Å². The predicted molar refractivity (Wildman–Crippen MR) is 83.5 cm³/mol. The summed E-state index contributed by atoms with van der Waals surface area (Å²) in [6.07, 6.45) is -0.0770. The molecule has 9 heteroatoms. The largest absolute Gasteiger partial charge is 0.478 e. The maximum atomic E-state index is 12.9. The van der Waals surface area contributed by atoms with Crippen molar-refractivity contribution in [2.75, 3.05) is 7.05 Å². The van der Waals surface area contributed by atoms with Gasteiger partial charge in [-0.3, -0.25) is 4.79 Å². The van der Waals surface area contributed by atoms with Gasteiger partial charge < -0.3 is 14.4 Å². The predicted octanol–water partition coefficient (Wildman–Crippen LogP) is 2.70. The van der Waals surface area contributed by atoms with Crippen molar-refractivity contribution in [2.45, 2.75) is 40.3 Å². The second-order valence-corrected chi connectivity index (χ2v) is 5.79. The minimum atomic E-state index is -2.76. The van der Waals surface area contributed by atoms with Crippen LogP contribution in [0.25, 0.3) is 0 Å². The number of aromatic nitrogens is 2. The molecule has 0 spiro atoms. The molecular formula is C16H19F2N3O4. The van der Waals surface area contributed by atoms with Crippen molar-refractivity contribution in [3.63, 3.8) is 0 Å². The average Bonchev–Trinajstić information content (AvgIpc) is 3.01. The number of furan rings is 1. The van der Waals surface area contributed by atoms with E-state index in [0.29, 0.717) is 21.7 Å². The van der Waals surface area contributed by atoms with Gasteiger partial charge in [0.25, 0.3) is 0 Å². The lowest BCUT2D eigenvalue weighted by molar-refractivity contribution is -0.129. The van der Waals surface area contributed by atoms with E-state index < -0.39 is 12.5 Å². The zero-order valence-electron chi connectivity index (χ0n) is 14.3. The van der Waals surface area contributed by atoms with Crippen LogP contribution in [0.15, 0.2) is 10.5 Å².